The van der Waals surface area contributed by atoms with Crippen LogP contribution in [0.15, 0.2) is 36.9 Å². The van der Waals surface area contributed by atoms with Crippen molar-refractivity contribution in [3.8, 4) is 11.9 Å². The first-order valence-electron chi connectivity index (χ1n) is 14.9. The number of benzene rings is 1. The molecule has 0 saturated carbocycles. The van der Waals surface area contributed by atoms with Crippen LogP contribution in [0.2, 0.25) is 0 Å². The number of hydrogen-bond acceptors (Lipinski definition) is 9. The van der Waals surface area contributed by atoms with Crippen molar-refractivity contribution in [2.75, 3.05) is 63.2 Å². The van der Waals surface area contributed by atoms with Crippen LogP contribution in [0.4, 0.5) is 11.4 Å². The van der Waals surface area contributed by atoms with Gasteiger partial charge < -0.3 is 24.3 Å². The Hall–Kier alpha value is -4.43. The summed E-state index contributed by atoms with van der Waals surface area (Å²) in [6.07, 6.45) is 4.45. The number of ether oxygens (including phenoxy) is 1. The fourth-order valence-electron chi connectivity index (χ4n) is 6.84. The zero-order valence-electron chi connectivity index (χ0n) is 24.8. The van der Waals surface area contributed by atoms with Crippen LogP contribution in [0.3, 0.4) is 0 Å². The van der Waals surface area contributed by atoms with Crippen molar-refractivity contribution in [2.24, 2.45) is 0 Å². The summed E-state index contributed by atoms with van der Waals surface area (Å²) in [7, 11) is 3.63. The molecular weight excluding hydrogens is 546 g/mol. The Morgan fingerprint density at radius 2 is 1.95 bits per heavy atom. The molecule has 2 aromatic rings. The van der Waals surface area contributed by atoms with Crippen molar-refractivity contribution in [1.82, 2.24) is 19.7 Å². The number of piperazine rings is 1. The lowest BCUT2D eigenvalue weighted by molar-refractivity contribution is -0.128. The number of imide groups is 1. The van der Waals surface area contributed by atoms with E-state index in [9.17, 15) is 19.6 Å². The molecular formula is C32H37N7O4. The summed E-state index contributed by atoms with van der Waals surface area (Å²) in [4.78, 5) is 52.8. The van der Waals surface area contributed by atoms with Crippen LogP contribution in [0.1, 0.15) is 51.2 Å². The lowest BCUT2D eigenvalue weighted by Crippen LogP contribution is -2.55. The van der Waals surface area contributed by atoms with Crippen molar-refractivity contribution in [3.05, 3.63) is 59.3 Å². The van der Waals surface area contributed by atoms with E-state index in [1.165, 1.54) is 18.0 Å². The number of pyridine rings is 1. The van der Waals surface area contributed by atoms with Crippen LogP contribution in [-0.2, 0) is 17.8 Å². The third-order valence-corrected chi connectivity index (χ3v) is 9.28. The molecule has 2 fully saturated rings. The molecule has 0 spiro atoms. The standard InChI is InChI=1S/C32H37N7O4/c1-4-29(40)39-16-15-38(18-21(39)10-12-33)27-17-28(43-20-22-7-6-13-35(22)2)34-25-19-37(14-11-23(25)27)26-9-5-8-24-30(26)32(42)36(3)31(24)41/h4-5,8-9,17,21-22H,1,6-7,10-11,13-16,18-20H2,2-3H3/t21-,22-/m0/s1. The summed E-state index contributed by atoms with van der Waals surface area (Å²) in [5, 5.41) is 9.51. The maximum absolute atomic E-state index is 13.0. The van der Waals surface area contributed by atoms with Gasteiger partial charge in [-0.1, -0.05) is 12.6 Å². The van der Waals surface area contributed by atoms with Gasteiger partial charge in [-0.05, 0) is 51.1 Å². The number of likely N-dealkylation sites (tertiary alicyclic amines) is 1. The molecule has 0 unspecified atom stereocenters. The maximum Gasteiger partial charge on any atom is 0.263 e. The summed E-state index contributed by atoms with van der Waals surface area (Å²) in [5.74, 6) is -0.191. The molecule has 4 aliphatic heterocycles. The number of fused-ring (bicyclic) bond motifs is 2. The number of carbonyl (C=O) groups excluding carboxylic acids is 3. The van der Waals surface area contributed by atoms with Crippen molar-refractivity contribution in [1.29, 1.82) is 5.26 Å². The number of hydrogen-bond donors (Lipinski definition) is 0. The van der Waals surface area contributed by atoms with Crippen molar-refractivity contribution in [2.45, 2.75) is 44.3 Å². The Morgan fingerprint density at radius 3 is 2.70 bits per heavy atom. The number of rotatable bonds is 7. The van der Waals surface area contributed by atoms with Gasteiger partial charge in [0.2, 0.25) is 11.8 Å². The predicted molar refractivity (Wildman–Crippen MR) is 161 cm³/mol. The van der Waals surface area contributed by atoms with Crippen LogP contribution < -0.4 is 14.5 Å². The van der Waals surface area contributed by atoms with Gasteiger partial charge in [0.15, 0.2) is 0 Å². The molecule has 2 atom stereocenters. The zero-order valence-corrected chi connectivity index (χ0v) is 24.8. The third-order valence-electron chi connectivity index (χ3n) is 9.28. The smallest absolute Gasteiger partial charge is 0.263 e. The van der Waals surface area contributed by atoms with Crippen LogP contribution in [0, 0.1) is 11.3 Å². The molecule has 224 valence electrons. The summed E-state index contributed by atoms with van der Waals surface area (Å²) < 4.78 is 6.34. The maximum atomic E-state index is 13.0. The molecule has 3 amide bonds. The minimum absolute atomic E-state index is 0.161. The zero-order chi connectivity index (χ0) is 30.2. The first-order valence-corrected chi connectivity index (χ1v) is 14.9. The normalized spacial score (nSPS) is 22.0. The van der Waals surface area contributed by atoms with Gasteiger partial charge in [0.25, 0.3) is 11.8 Å². The Kier molecular flexibility index (Phi) is 7.79. The Labute approximate surface area is 251 Å². The number of aromatic nitrogens is 1. The third kappa shape index (κ3) is 5.20. The molecule has 6 rings (SSSR count). The van der Waals surface area contributed by atoms with E-state index in [1.807, 2.05) is 18.2 Å². The van der Waals surface area contributed by atoms with E-state index in [0.29, 0.717) is 68.8 Å². The molecule has 0 bridgehead atoms. The van der Waals surface area contributed by atoms with E-state index in [1.54, 1.807) is 11.0 Å². The summed E-state index contributed by atoms with van der Waals surface area (Å²) >= 11 is 0. The molecule has 11 heteroatoms. The monoisotopic (exact) mass is 583 g/mol. The largest absolute Gasteiger partial charge is 0.476 e. The van der Waals surface area contributed by atoms with Gasteiger partial charge in [-0.15, -0.1) is 0 Å². The van der Waals surface area contributed by atoms with Crippen LogP contribution in [-0.4, -0.2) is 103 Å². The predicted octanol–water partition coefficient (Wildman–Crippen LogP) is 2.46. The fourth-order valence-corrected chi connectivity index (χ4v) is 6.84. The van der Waals surface area contributed by atoms with Crippen LogP contribution >= 0.6 is 0 Å². The van der Waals surface area contributed by atoms with Gasteiger partial charge in [0.05, 0.1) is 47.6 Å². The van der Waals surface area contributed by atoms with E-state index in [2.05, 4.69) is 34.4 Å². The molecule has 0 radical (unpaired) electrons. The first kappa shape index (κ1) is 28.7. The molecule has 11 nitrogen and oxygen atoms in total. The molecule has 43 heavy (non-hydrogen) atoms. The number of carbonyl (C=O) groups is 3. The minimum atomic E-state index is -0.289. The first-order chi connectivity index (χ1) is 20.8. The van der Waals surface area contributed by atoms with Gasteiger partial charge in [-0.25, -0.2) is 4.98 Å². The second-order valence-corrected chi connectivity index (χ2v) is 11.7. The fraction of sp³-hybridized carbons (Fsp3) is 0.469. The molecule has 1 aromatic heterocycles. The van der Waals surface area contributed by atoms with E-state index >= 15 is 0 Å². The van der Waals surface area contributed by atoms with E-state index in [0.717, 1.165) is 42.0 Å². The average molecular weight is 584 g/mol. The highest BCUT2D eigenvalue weighted by Gasteiger charge is 2.38. The highest BCUT2D eigenvalue weighted by molar-refractivity contribution is 6.23. The topological polar surface area (TPSA) is 113 Å². The second kappa shape index (κ2) is 11.7. The molecule has 2 saturated heterocycles. The van der Waals surface area contributed by atoms with E-state index in [4.69, 9.17) is 9.72 Å². The second-order valence-electron chi connectivity index (χ2n) is 11.7. The highest BCUT2D eigenvalue weighted by Crippen LogP contribution is 2.37. The van der Waals surface area contributed by atoms with Gasteiger partial charge in [-0.2, -0.15) is 5.26 Å². The number of nitriles is 1. The lowest BCUT2D eigenvalue weighted by Gasteiger charge is -2.43. The minimum Gasteiger partial charge on any atom is -0.476 e. The highest BCUT2D eigenvalue weighted by atomic mass is 16.5. The number of anilines is 2. The van der Waals surface area contributed by atoms with Crippen molar-refractivity contribution >= 4 is 29.1 Å². The van der Waals surface area contributed by atoms with Gasteiger partial charge in [0, 0.05) is 56.6 Å². The van der Waals surface area contributed by atoms with Crippen LogP contribution in [0.25, 0.3) is 0 Å². The number of nitrogens with zero attached hydrogens (tertiary/aromatic N) is 7. The lowest BCUT2D eigenvalue weighted by atomic mass is 9.98. The van der Waals surface area contributed by atoms with Crippen LogP contribution in [0.5, 0.6) is 5.88 Å². The average Bonchev–Trinajstić information content (AvgIpc) is 3.54. The Balaban J connectivity index is 1.33. The van der Waals surface area contributed by atoms with E-state index in [-0.39, 0.29) is 30.2 Å². The van der Waals surface area contributed by atoms with Crippen molar-refractivity contribution < 1.29 is 19.1 Å². The molecule has 0 aliphatic carbocycles. The SMILES string of the molecule is C=CC(=O)N1CCN(c2cc(OC[C@@H]3CCCN3C)nc3c2CCN(c2cccc4c2C(=O)N(C)C4=O)C3)C[C@@H]1CC#N. The quantitative estimate of drug-likeness (QED) is 0.358. The van der Waals surface area contributed by atoms with Gasteiger partial charge in [0.1, 0.15) is 6.61 Å². The summed E-state index contributed by atoms with van der Waals surface area (Å²) in [6, 6.07) is 9.76. The van der Waals surface area contributed by atoms with Crippen molar-refractivity contribution in [3.63, 3.8) is 0 Å². The van der Waals surface area contributed by atoms with Gasteiger partial charge in [-0.3, -0.25) is 19.3 Å². The number of amides is 3. The molecule has 5 heterocycles. The molecule has 0 N–H and O–H groups in total. The summed E-state index contributed by atoms with van der Waals surface area (Å²) in [6.45, 7) is 7.96. The Bertz CT molecular complexity index is 1520. The van der Waals surface area contributed by atoms with E-state index < -0.39 is 0 Å². The van der Waals surface area contributed by atoms with Gasteiger partial charge >= 0.3 is 0 Å². The number of likely N-dealkylation sites (N-methyl/N-ethyl adjacent to an activating group) is 1. The molecule has 1 aromatic carbocycles. The molecule has 4 aliphatic rings. The summed E-state index contributed by atoms with van der Waals surface area (Å²) in [5.41, 5.74) is 4.59. The Morgan fingerprint density at radius 1 is 1.12 bits per heavy atom.